The first-order valence-corrected chi connectivity index (χ1v) is 15.4. The van der Waals surface area contributed by atoms with Crippen molar-refractivity contribution in [2.75, 3.05) is 21.1 Å². The summed E-state index contributed by atoms with van der Waals surface area (Å²) in [4.78, 5) is 34.8. The van der Waals surface area contributed by atoms with Crippen molar-refractivity contribution < 1.29 is 30.0 Å². The summed E-state index contributed by atoms with van der Waals surface area (Å²) in [6, 6.07) is 14.7. The molecule has 1 heterocycles. The van der Waals surface area contributed by atoms with Crippen molar-refractivity contribution >= 4 is 11.7 Å². The SMILES string of the molecule is CN(Cc1cccnc1)Cc1cccc(-c2ccc(O)c3c2CC2CC4C(C(O)=C2C3=O)C(C)(O)C(C(N)=O)=C(O)[C@H]4N(C)C)c1. The molecule has 10 heteroatoms. The smallest absolute Gasteiger partial charge is 0.251 e. The van der Waals surface area contributed by atoms with E-state index in [9.17, 15) is 30.0 Å². The molecule has 0 aliphatic heterocycles. The molecule has 240 valence electrons. The molecule has 2 aromatic carbocycles. The Morgan fingerprint density at radius 2 is 1.74 bits per heavy atom. The Morgan fingerprint density at radius 1 is 1.02 bits per heavy atom. The molecule has 0 radical (unpaired) electrons. The van der Waals surface area contributed by atoms with Crippen LogP contribution in [0.3, 0.4) is 0 Å². The Morgan fingerprint density at radius 3 is 2.41 bits per heavy atom. The number of benzene rings is 2. The Kier molecular flexibility index (Phi) is 8.00. The number of primary amides is 1. The number of aliphatic hydroxyl groups excluding tert-OH is 2. The highest BCUT2D eigenvalue weighted by molar-refractivity contribution is 6.14. The molecule has 0 spiro atoms. The first kappa shape index (κ1) is 31.5. The van der Waals surface area contributed by atoms with E-state index in [4.69, 9.17) is 5.73 Å². The molecule has 0 saturated heterocycles. The number of aromatic nitrogens is 1. The fraction of sp³-hybridized carbons (Fsp3) is 0.361. The van der Waals surface area contributed by atoms with Gasteiger partial charge in [-0.25, -0.2) is 0 Å². The Labute approximate surface area is 268 Å². The highest BCUT2D eigenvalue weighted by Crippen LogP contribution is 2.55. The van der Waals surface area contributed by atoms with E-state index in [2.05, 4.69) is 22.0 Å². The molecular formula is C36H40N4O6. The van der Waals surface area contributed by atoms with Crippen LogP contribution in [0.25, 0.3) is 11.1 Å². The van der Waals surface area contributed by atoms with Gasteiger partial charge in [0.2, 0.25) is 0 Å². The maximum atomic E-state index is 14.2. The van der Waals surface area contributed by atoms with Crippen LogP contribution in [0.15, 0.2) is 83.6 Å². The summed E-state index contributed by atoms with van der Waals surface area (Å²) >= 11 is 0. The molecule has 4 unspecified atom stereocenters. The number of aromatic hydroxyl groups is 1. The number of likely N-dealkylation sites (N-methyl/N-ethyl adjacent to an activating group) is 1. The fourth-order valence-corrected chi connectivity index (χ4v) is 8.17. The molecule has 46 heavy (non-hydrogen) atoms. The summed E-state index contributed by atoms with van der Waals surface area (Å²) in [5, 5.41) is 45.6. The number of ketones is 1. The van der Waals surface area contributed by atoms with Gasteiger partial charge in [0.25, 0.3) is 5.91 Å². The molecule has 3 aromatic rings. The summed E-state index contributed by atoms with van der Waals surface area (Å²) in [5.41, 5.74) is 8.05. The lowest BCUT2D eigenvalue weighted by Crippen LogP contribution is -2.59. The number of hydrogen-bond donors (Lipinski definition) is 5. The van der Waals surface area contributed by atoms with Crippen LogP contribution in [0.4, 0.5) is 0 Å². The molecule has 6 N–H and O–H groups in total. The second-order valence-corrected chi connectivity index (χ2v) is 13.3. The van der Waals surface area contributed by atoms with Crippen molar-refractivity contribution in [1.82, 2.24) is 14.8 Å². The number of nitrogens with two attached hydrogens (primary N) is 1. The number of allylic oxidation sites excluding steroid dienone is 1. The third kappa shape index (κ3) is 5.16. The molecule has 10 nitrogen and oxygen atoms in total. The minimum absolute atomic E-state index is 0.120. The topological polar surface area (TPSA) is 160 Å². The summed E-state index contributed by atoms with van der Waals surface area (Å²) < 4.78 is 0. The van der Waals surface area contributed by atoms with Crippen LogP contribution in [-0.4, -0.2) is 79.7 Å². The standard InChI is InChI=1S/C36H40N4O6/c1-36(46)29-25(31(39(2)3)34(44)30(36)35(37)45)15-22-14-24-23(10-11-26(41)28(24)32(42)27(22)33(29)43)21-9-5-7-19(13-21)17-40(4)18-20-8-6-12-38-16-20/h5-13,16,22,25,29,31,41,43-44,46H,14-15,17-18H2,1-4H3,(H2,37,45)/t22?,25?,29?,31-,36?/m0/s1. The number of phenolic OH excluding ortho intramolecular Hbond substituents is 1. The van der Waals surface area contributed by atoms with Gasteiger partial charge in [0, 0.05) is 31.1 Å². The van der Waals surface area contributed by atoms with Crippen LogP contribution in [0.5, 0.6) is 5.75 Å². The van der Waals surface area contributed by atoms with E-state index in [1.54, 1.807) is 25.2 Å². The van der Waals surface area contributed by atoms with Crippen LogP contribution in [0.2, 0.25) is 0 Å². The highest BCUT2D eigenvalue weighted by Gasteiger charge is 2.59. The van der Waals surface area contributed by atoms with Crippen LogP contribution in [-0.2, 0) is 24.3 Å². The molecule has 0 saturated carbocycles. The predicted octanol–water partition coefficient (Wildman–Crippen LogP) is 3.88. The molecule has 0 fully saturated rings. The zero-order valence-electron chi connectivity index (χ0n) is 26.4. The van der Waals surface area contributed by atoms with Crippen molar-refractivity contribution in [1.29, 1.82) is 0 Å². The van der Waals surface area contributed by atoms with E-state index in [1.165, 1.54) is 13.0 Å². The van der Waals surface area contributed by atoms with E-state index in [1.807, 2.05) is 43.6 Å². The largest absolute Gasteiger partial charge is 0.511 e. The van der Waals surface area contributed by atoms with Gasteiger partial charge in [0.1, 0.15) is 22.9 Å². The number of Topliss-reactive ketones (excluding diaryl/α,β-unsaturated/α-hetero) is 1. The Balaban J connectivity index is 1.39. The summed E-state index contributed by atoms with van der Waals surface area (Å²) in [6.07, 6.45) is 4.30. The number of amides is 1. The zero-order chi connectivity index (χ0) is 33.1. The maximum Gasteiger partial charge on any atom is 0.251 e. The van der Waals surface area contributed by atoms with Crippen LogP contribution < -0.4 is 5.73 Å². The highest BCUT2D eigenvalue weighted by atomic mass is 16.3. The average molecular weight is 625 g/mol. The van der Waals surface area contributed by atoms with Crippen molar-refractivity contribution in [2.24, 2.45) is 23.5 Å². The van der Waals surface area contributed by atoms with Gasteiger partial charge in [-0.15, -0.1) is 0 Å². The quantitative estimate of drug-likeness (QED) is 0.263. The monoisotopic (exact) mass is 624 g/mol. The molecule has 6 rings (SSSR count). The number of rotatable bonds is 7. The first-order valence-electron chi connectivity index (χ1n) is 15.4. The molecule has 5 atom stereocenters. The Bertz CT molecular complexity index is 1780. The molecule has 1 amide bonds. The number of aliphatic hydroxyl groups is 3. The summed E-state index contributed by atoms with van der Waals surface area (Å²) in [7, 11) is 5.53. The van der Waals surface area contributed by atoms with Crippen molar-refractivity contribution in [2.45, 2.75) is 44.5 Å². The third-order valence-corrected chi connectivity index (χ3v) is 9.90. The van der Waals surface area contributed by atoms with E-state index in [-0.39, 0.29) is 34.0 Å². The van der Waals surface area contributed by atoms with Crippen LogP contribution >= 0.6 is 0 Å². The number of carbonyl (C=O) groups excluding carboxylic acids is 2. The van der Waals surface area contributed by atoms with Crippen molar-refractivity contribution in [3.8, 4) is 16.9 Å². The van der Waals surface area contributed by atoms with Gasteiger partial charge in [-0.1, -0.05) is 30.3 Å². The van der Waals surface area contributed by atoms with Gasteiger partial charge < -0.3 is 26.2 Å². The second kappa shape index (κ2) is 11.7. The third-order valence-electron chi connectivity index (χ3n) is 9.90. The molecule has 3 aliphatic carbocycles. The zero-order valence-corrected chi connectivity index (χ0v) is 26.4. The van der Waals surface area contributed by atoms with Gasteiger partial charge in [0.15, 0.2) is 5.78 Å². The molecule has 0 bridgehead atoms. The van der Waals surface area contributed by atoms with Crippen LogP contribution in [0, 0.1) is 17.8 Å². The van der Waals surface area contributed by atoms with E-state index in [0.29, 0.717) is 24.9 Å². The van der Waals surface area contributed by atoms with Crippen molar-refractivity contribution in [3.63, 3.8) is 0 Å². The van der Waals surface area contributed by atoms with Gasteiger partial charge >= 0.3 is 0 Å². The van der Waals surface area contributed by atoms with Gasteiger partial charge in [-0.05, 0) is 98.8 Å². The normalized spacial score (nSPS) is 25.8. The summed E-state index contributed by atoms with van der Waals surface area (Å²) in [6.45, 7) is 2.75. The molecule has 1 aromatic heterocycles. The fourth-order valence-electron chi connectivity index (χ4n) is 8.17. The van der Waals surface area contributed by atoms with Crippen LogP contribution in [0.1, 0.15) is 40.4 Å². The number of fused-ring (bicyclic) bond motifs is 3. The number of nitrogens with zero attached hydrogens (tertiary/aromatic N) is 3. The van der Waals surface area contributed by atoms with E-state index in [0.717, 1.165) is 28.8 Å². The average Bonchev–Trinajstić information content (AvgIpc) is 2.96. The van der Waals surface area contributed by atoms with Gasteiger partial charge in [-0.2, -0.15) is 0 Å². The lowest BCUT2D eigenvalue weighted by atomic mass is 9.56. The minimum atomic E-state index is -2.02. The number of phenols is 1. The number of carbonyl (C=O) groups is 2. The lowest BCUT2D eigenvalue weighted by molar-refractivity contribution is -0.120. The van der Waals surface area contributed by atoms with E-state index < -0.39 is 41.1 Å². The molecule has 3 aliphatic rings. The first-order chi connectivity index (χ1) is 21.8. The summed E-state index contributed by atoms with van der Waals surface area (Å²) in [5.74, 6) is -4.40. The number of pyridine rings is 1. The minimum Gasteiger partial charge on any atom is -0.511 e. The maximum absolute atomic E-state index is 14.2. The number of hydrogen-bond acceptors (Lipinski definition) is 9. The predicted molar refractivity (Wildman–Crippen MR) is 173 cm³/mol. The lowest BCUT2D eigenvalue weighted by Gasteiger charge is -2.52. The van der Waals surface area contributed by atoms with Gasteiger partial charge in [0.05, 0.1) is 23.1 Å². The van der Waals surface area contributed by atoms with E-state index >= 15 is 0 Å². The Hall–Kier alpha value is -4.51. The van der Waals surface area contributed by atoms with Crippen molar-refractivity contribution in [3.05, 3.63) is 106 Å². The molecular weight excluding hydrogens is 584 g/mol. The second-order valence-electron chi connectivity index (χ2n) is 13.3. The van der Waals surface area contributed by atoms with Gasteiger partial charge in [-0.3, -0.25) is 24.4 Å².